The van der Waals surface area contributed by atoms with E-state index in [2.05, 4.69) is 133 Å². The maximum atomic E-state index is 3.94. The van der Waals surface area contributed by atoms with Crippen LogP contribution in [0, 0.1) is 22.9 Å². The van der Waals surface area contributed by atoms with Crippen molar-refractivity contribution in [2.75, 3.05) is 0 Å². The molecular formula is C34H36Br2S2Si2. The van der Waals surface area contributed by atoms with Crippen molar-refractivity contribution in [3.63, 3.8) is 0 Å². The van der Waals surface area contributed by atoms with Crippen molar-refractivity contribution >= 4 is 112 Å². The molecule has 0 radical (unpaired) electrons. The minimum atomic E-state index is -1.64. The van der Waals surface area contributed by atoms with Gasteiger partial charge in [0.1, 0.15) is 16.1 Å². The van der Waals surface area contributed by atoms with Gasteiger partial charge in [0, 0.05) is 31.3 Å². The van der Waals surface area contributed by atoms with Crippen molar-refractivity contribution in [3.05, 3.63) is 55.1 Å². The van der Waals surface area contributed by atoms with Gasteiger partial charge < -0.3 is 0 Å². The molecule has 0 aliphatic carbocycles. The topological polar surface area (TPSA) is 0 Å². The first-order valence-corrected chi connectivity index (χ1v) is 23.0. The lowest BCUT2D eigenvalue weighted by atomic mass is 9.91. The standard InChI is InChI=1S/C34H36Br2S2Si2/c1-7-39(8-2,9-3)15-13-25-27-17-23-19-33(35)38-32(23)22-30(27)26(14-16-40(10-4,11-5)12-6)28-18-24-20-34(36)37-31(24)21-29(25)28/h17-22H,7-12H2,1-6H3. The van der Waals surface area contributed by atoms with Gasteiger partial charge in [-0.15, -0.1) is 33.8 Å². The van der Waals surface area contributed by atoms with Crippen LogP contribution in [0.4, 0.5) is 0 Å². The summed E-state index contributed by atoms with van der Waals surface area (Å²) in [5, 5.41) is 7.55. The van der Waals surface area contributed by atoms with Crippen molar-refractivity contribution in [1.29, 1.82) is 0 Å². The second-order valence-electron chi connectivity index (χ2n) is 10.9. The zero-order valence-corrected chi connectivity index (χ0v) is 31.1. The molecule has 40 heavy (non-hydrogen) atoms. The normalized spacial score (nSPS) is 12.2. The van der Waals surface area contributed by atoms with E-state index >= 15 is 0 Å². The van der Waals surface area contributed by atoms with Crippen molar-refractivity contribution in [3.8, 4) is 22.9 Å². The Kier molecular flexibility index (Phi) is 9.08. The molecule has 0 fully saturated rings. The monoisotopic (exact) mass is 722 g/mol. The summed E-state index contributed by atoms with van der Waals surface area (Å²) < 4.78 is 4.92. The molecule has 0 aliphatic heterocycles. The zero-order valence-electron chi connectivity index (χ0n) is 24.3. The summed E-state index contributed by atoms with van der Waals surface area (Å²) in [4.78, 5) is 0. The molecule has 0 aliphatic rings. The van der Waals surface area contributed by atoms with E-state index in [-0.39, 0.29) is 0 Å². The summed E-state index contributed by atoms with van der Waals surface area (Å²) in [6, 6.07) is 21.3. The highest BCUT2D eigenvalue weighted by molar-refractivity contribution is 9.11. The van der Waals surface area contributed by atoms with Gasteiger partial charge >= 0.3 is 0 Å². The summed E-state index contributed by atoms with van der Waals surface area (Å²) in [6.45, 7) is 14.0. The van der Waals surface area contributed by atoms with Gasteiger partial charge in [-0.1, -0.05) is 53.4 Å². The minimum Gasteiger partial charge on any atom is -0.128 e. The van der Waals surface area contributed by atoms with Crippen LogP contribution in [0.3, 0.4) is 0 Å². The van der Waals surface area contributed by atoms with E-state index in [4.69, 9.17) is 0 Å². The van der Waals surface area contributed by atoms with Crippen LogP contribution >= 0.6 is 54.5 Å². The van der Waals surface area contributed by atoms with E-state index in [1.54, 1.807) is 22.7 Å². The number of thiophene rings is 2. The van der Waals surface area contributed by atoms with Gasteiger partial charge in [-0.25, -0.2) is 0 Å². The first-order valence-electron chi connectivity index (χ1n) is 14.5. The Labute approximate surface area is 266 Å². The van der Waals surface area contributed by atoms with E-state index in [0.717, 1.165) is 7.57 Å². The Morgan fingerprint density at radius 1 is 0.525 bits per heavy atom. The number of halogens is 2. The molecule has 0 spiro atoms. The number of rotatable bonds is 6. The molecule has 5 rings (SSSR count). The molecule has 3 aromatic carbocycles. The minimum absolute atomic E-state index is 1.16. The van der Waals surface area contributed by atoms with Crippen LogP contribution in [-0.2, 0) is 0 Å². The van der Waals surface area contributed by atoms with E-state index in [0.29, 0.717) is 0 Å². The molecule has 6 heteroatoms. The molecule has 2 aromatic heterocycles. The van der Waals surface area contributed by atoms with Crippen LogP contribution in [0.25, 0.3) is 41.7 Å². The van der Waals surface area contributed by atoms with Crippen molar-refractivity contribution in [1.82, 2.24) is 0 Å². The lowest BCUT2D eigenvalue weighted by molar-refractivity contribution is 1.20. The quantitative estimate of drug-likeness (QED) is 0.0929. The lowest BCUT2D eigenvalue weighted by Gasteiger charge is -2.21. The van der Waals surface area contributed by atoms with Gasteiger partial charge in [-0.3, -0.25) is 0 Å². The second-order valence-corrected chi connectivity index (χ2v) is 25.7. The highest BCUT2D eigenvalue weighted by atomic mass is 79.9. The first kappa shape index (κ1) is 30.1. The fraction of sp³-hybridized carbons (Fsp3) is 0.353. The molecule has 0 unspecified atom stereocenters. The second kappa shape index (κ2) is 12.1. The zero-order chi connectivity index (χ0) is 28.7. The molecule has 0 bridgehead atoms. The molecule has 5 aromatic rings. The number of hydrogen-bond acceptors (Lipinski definition) is 2. The van der Waals surface area contributed by atoms with E-state index in [9.17, 15) is 0 Å². The maximum Gasteiger partial charge on any atom is 0.138 e. The van der Waals surface area contributed by atoms with Crippen LogP contribution in [0.5, 0.6) is 0 Å². The molecular weight excluding hydrogens is 688 g/mol. The fourth-order valence-electron chi connectivity index (χ4n) is 5.92. The molecule has 0 amide bonds. The molecule has 2 heterocycles. The Morgan fingerprint density at radius 2 is 0.850 bits per heavy atom. The third-order valence-electron chi connectivity index (χ3n) is 9.30. The van der Waals surface area contributed by atoms with Crippen LogP contribution in [0.1, 0.15) is 52.7 Å². The molecule has 206 valence electrons. The molecule has 0 nitrogen and oxygen atoms in total. The Balaban J connectivity index is 1.99. The SMILES string of the molecule is CC[Si](C#Cc1c2cc3cc(Br)sc3cc2c(C#C[Si](CC)(CC)CC)c2cc3cc(Br)sc3cc12)(CC)CC. The number of hydrogen-bond donors (Lipinski definition) is 0. The number of fused-ring (bicyclic) bond motifs is 4. The maximum absolute atomic E-state index is 3.94. The smallest absolute Gasteiger partial charge is 0.128 e. The summed E-state index contributed by atoms with van der Waals surface area (Å²) in [7, 11) is -3.27. The van der Waals surface area contributed by atoms with Crippen LogP contribution in [0.2, 0.25) is 36.3 Å². The fourth-order valence-corrected chi connectivity index (χ4v) is 13.9. The van der Waals surface area contributed by atoms with Crippen LogP contribution in [-0.4, -0.2) is 16.1 Å². The van der Waals surface area contributed by atoms with Gasteiger partial charge in [-0.05, 0) is 126 Å². The van der Waals surface area contributed by atoms with Gasteiger partial charge in [0.15, 0.2) is 0 Å². The van der Waals surface area contributed by atoms with E-state index < -0.39 is 16.1 Å². The van der Waals surface area contributed by atoms with E-state index in [1.807, 2.05) is 0 Å². The Morgan fingerprint density at radius 3 is 1.18 bits per heavy atom. The third-order valence-corrected chi connectivity index (χ3v) is 21.9. The molecule has 0 saturated heterocycles. The van der Waals surface area contributed by atoms with E-state index in [1.165, 1.54) is 89.1 Å². The van der Waals surface area contributed by atoms with Crippen LogP contribution < -0.4 is 0 Å². The first-order chi connectivity index (χ1) is 19.2. The third kappa shape index (κ3) is 5.41. The average molecular weight is 725 g/mol. The predicted octanol–water partition coefficient (Wildman–Crippen LogP) is 12.7. The molecule has 0 N–H and O–H groups in total. The van der Waals surface area contributed by atoms with Gasteiger partial charge in [0.25, 0.3) is 0 Å². The summed E-state index contributed by atoms with van der Waals surface area (Å²) in [6.07, 6.45) is 0. The Bertz CT molecular complexity index is 1620. The summed E-state index contributed by atoms with van der Waals surface area (Å²) in [5.74, 6) is 7.71. The van der Waals surface area contributed by atoms with Gasteiger partial charge in [0.2, 0.25) is 0 Å². The van der Waals surface area contributed by atoms with Gasteiger partial charge in [-0.2, -0.15) is 0 Å². The van der Waals surface area contributed by atoms with Gasteiger partial charge in [0.05, 0.1) is 7.57 Å². The predicted molar refractivity (Wildman–Crippen MR) is 196 cm³/mol. The summed E-state index contributed by atoms with van der Waals surface area (Å²) >= 11 is 11.1. The highest BCUT2D eigenvalue weighted by Gasteiger charge is 2.26. The largest absolute Gasteiger partial charge is 0.138 e. The molecule has 0 atom stereocenters. The van der Waals surface area contributed by atoms with Crippen molar-refractivity contribution < 1.29 is 0 Å². The van der Waals surface area contributed by atoms with Crippen molar-refractivity contribution in [2.45, 2.75) is 77.8 Å². The number of benzene rings is 3. The lowest BCUT2D eigenvalue weighted by Crippen LogP contribution is -2.29. The van der Waals surface area contributed by atoms with Crippen LogP contribution in [0.15, 0.2) is 44.0 Å². The summed E-state index contributed by atoms with van der Waals surface area (Å²) in [5.41, 5.74) is 10.2. The highest BCUT2D eigenvalue weighted by Crippen LogP contribution is 2.41. The van der Waals surface area contributed by atoms with Crippen molar-refractivity contribution in [2.24, 2.45) is 0 Å². The average Bonchev–Trinajstić information content (AvgIpc) is 3.52. The Hall–Kier alpha value is -1.39. The molecule has 0 saturated carbocycles.